The summed E-state index contributed by atoms with van der Waals surface area (Å²) in [5.74, 6) is -1.15. The average Bonchev–Trinajstić information content (AvgIpc) is 2.88. The molecule has 2 heterocycles. The molecule has 0 N–H and O–H groups in total. The van der Waals surface area contributed by atoms with Gasteiger partial charge in [-0.2, -0.15) is 5.26 Å². The van der Waals surface area contributed by atoms with E-state index >= 15 is 0 Å². The summed E-state index contributed by atoms with van der Waals surface area (Å²) in [7, 11) is 3.17. The van der Waals surface area contributed by atoms with E-state index in [-0.39, 0.29) is 12.1 Å². The monoisotopic (exact) mass is 328 g/mol. The lowest BCUT2D eigenvalue weighted by atomic mass is 9.72. The molecule has 2 saturated heterocycles. The molecule has 0 aliphatic carbocycles. The van der Waals surface area contributed by atoms with Crippen molar-refractivity contribution in [3.8, 4) is 6.07 Å². The number of rotatable bonds is 3. The van der Waals surface area contributed by atoms with Crippen LogP contribution in [0.1, 0.15) is 29.6 Å². The van der Waals surface area contributed by atoms with E-state index in [0.29, 0.717) is 18.4 Å². The number of esters is 2. The van der Waals surface area contributed by atoms with Crippen molar-refractivity contribution in [2.24, 2.45) is 5.41 Å². The van der Waals surface area contributed by atoms with Gasteiger partial charge in [-0.05, 0) is 32.0 Å². The van der Waals surface area contributed by atoms with Gasteiger partial charge >= 0.3 is 11.9 Å². The second-order valence-corrected chi connectivity index (χ2v) is 6.38. The summed E-state index contributed by atoms with van der Waals surface area (Å²) < 4.78 is 10.6. The maximum absolute atomic E-state index is 12.5. The van der Waals surface area contributed by atoms with Crippen molar-refractivity contribution >= 4 is 11.9 Å². The molecule has 6 heteroatoms. The van der Waals surface area contributed by atoms with Gasteiger partial charge in [-0.3, -0.25) is 9.69 Å². The van der Waals surface area contributed by atoms with Crippen LogP contribution < -0.4 is 0 Å². The minimum atomic E-state index is -1.49. The highest BCUT2D eigenvalue weighted by Crippen LogP contribution is 2.48. The number of nitrogens with zero attached hydrogens (tertiary/aromatic N) is 2. The standard InChI is InChI=1S/C18H20N2O4/c1-20-13-8-9-14(20)18(11-19,17(22)23-2)15(10-13)24-16(21)12-6-4-3-5-7-12/h3-7,13-15H,8-10H2,1-2H3/t13-,14+,15+,18+/m1/s1. The molecule has 0 spiro atoms. The number of hydrogen-bond acceptors (Lipinski definition) is 6. The van der Waals surface area contributed by atoms with Gasteiger partial charge in [0.15, 0.2) is 0 Å². The average molecular weight is 328 g/mol. The molecule has 0 unspecified atom stereocenters. The van der Waals surface area contributed by atoms with Gasteiger partial charge in [0, 0.05) is 18.5 Å². The molecule has 0 saturated carbocycles. The van der Waals surface area contributed by atoms with E-state index in [9.17, 15) is 14.9 Å². The first-order valence-electron chi connectivity index (χ1n) is 8.02. The molecule has 2 aliphatic heterocycles. The van der Waals surface area contributed by atoms with Crippen molar-refractivity contribution in [3.63, 3.8) is 0 Å². The summed E-state index contributed by atoms with van der Waals surface area (Å²) >= 11 is 0. The topological polar surface area (TPSA) is 79.6 Å². The number of ether oxygens (including phenoxy) is 2. The molecule has 2 aliphatic rings. The number of methoxy groups -OCH3 is 1. The molecule has 2 fully saturated rings. The Morgan fingerprint density at radius 1 is 1.29 bits per heavy atom. The molecule has 24 heavy (non-hydrogen) atoms. The van der Waals surface area contributed by atoms with Gasteiger partial charge < -0.3 is 9.47 Å². The smallest absolute Gasteiger partial charge is 0.338 e. The van der Waals surface area contributed by atoms with Crippen LogP contribution in [-0.2, 0) is 14.3 Å². The number of hydrogen-bond donors (Lipinski definition) is 0. The van der Waals surface area contributed by atoms with Gasteiger partial charge in [0.05, 0.1) is 18.7 Å². The molecule has 0 aromatic heterocycles. The van der Waals surface area contributed by atoms with E-state index in [4.69, 9.17) is 9.47 Å². The van der Waals surface area contributed by atoms with Crippen LogP contribution in [-0.4, -0.2) is 49.2 Å². The van der Waals surface area contributed by atoms with E-state index < -0.39 is 23.5 Å². The summed E-state index contributed by atoms with van der Waals surface area (Å²) in [5, 5.41) is 9.87. The third-order valence-corrected chi connectivity index (χ3v) is 5.33. The van der Waals surface area contributed by atoms with Gasteiger partial charge in [0.1, 0.15) is 6.10 Å². The van der Waals surface area contributed by atoms with Crippen LogP contribution in [0, 0.1) is 16.7 Å². The first kappa shape index (κ1) is 16.5. The lowest BCUT2D eigenvalue weighted by molar-refractivity contribution is -0.165. The molecule has 3 rings (SSSR count). The molecule has 0 amide bonds. The van der Waals surface area contributed by atoms with Gasteiger partial charge in [-0.15, -0.1) is 0 Å². The first-order valence-corrected chi connectivity index (χ1v) is 8.02. The number of carbonyl (C=O) groups is 2. The summed E-state index contributed by atoms with van der Waals surface area (Å²) in [6, 6.07) is 10.6. The second-order valence-electron chi connectivity index (χ2n) is 6.38. The zero-order valence-corrected chi connectivity index (χ0v) is 13.8. The summed E-state index contributed by atoms with van der Waals surface area (Å²) in [4.78, 5) is 27.0. The molecule has 2 bridgehead atoms. The minimum Gasteiger partial charge on any atom is -0.468 e. The van der Waals surface area contributed by atoms with Gasteiger partial charge in [-0.1, -0.05) is 18.2 Å². The molecule has 6 nitrogen and oxygen atoms in total. The maximum Gasteiger partial charge on any atom is 0.338 e. The Bertz CT molecular complexity index is 684. The number of fused-ring (bicyclic) bond motifs is 2. The third kappa shape index (κ3) is 2.36. The Labute approximate surface area is 141 Å². The van der Waals surface area contributed by atoms with E-state index in [1.54, 1.807) is 30.3 Å². The van der Waals surface area contributed by atoms with E-state index in [2.05, 4.69) is 6.07 Å². The minimum absolute atomic E-state index is 0.203. The molecule has 0 radical (unpaired) electrons. The fraction of sp³-hybridized carbons (Fsp3) is 0.500. The predicted molar refractivity (Wildman–Crippen MR) is 84.9 cm³/mol. The van der Waals surface area contributed by atoms with Crippen LogP contribution in [0.15, 0.2) is 30.3 Å². The summed E-state index contributed by atoms with van der Waals surface area (Å²) in [6.45, 7) is 0. The predicted octanol–water partition coefficient (Wildman–Crippen LogP) is 1.76. The fourth-order valence-electron chi connectivity index (χ4n) is 4.03. The number of piperidine rings is 1. The van der Waals surface area contributed by atoms with Crippen LogP contribution in [0.4, 0.5) is 0 Å². The van der Waals surface area contributed by atoms with Crippen molar-refractivity contribution in [1.29, 1.82) is 5.26 Å². The Morgan fingerprint density at radius 3 is 2.62 bits per heavy atom. The normalized spacial score (nSPS) is 32.0. The van der Waals surface area contributed by atoms with Crippen LogP contribution in [0.25, 0.3) is 0 Å². The lowest BCUT2D eigenvalue weighted by Crippen LogP contribution is -2.61. The largest absolute Gasteiger partial charge is 0.468 e. The molecule has 126 valence electrons. The van der Waals surface area contributed by atoms with E-state index in [0.717, 1.165) is 6.42 Å². The van der Waals surface area contributed by atoms with Crippen LogP contribution >= 0.6 is 0 Å². The Balaban J connectivity index is 1.94. The summed E-state index contributed by atoms with van der Waals surface area (Å²) in [6.07, 6.45) is 1.23. The number of carbonyl (C=O) groups excluding carboxylic acids is 2. The van der Waals surface area contributed by atoms with Gasteiger partial charge in [-0.25, -0.2) is 4.79 Å². The van der Waals surface area contributed by atoms with Crippen LogP contribution in [0.3, 0.4) is 0 Å². The fourth-order valence-corrected chi connectivity index (χ4v) is 4.03. The highest BCUT2D eigenvalue weighted by molar-refractivity contribution is 5.90. The highest BCUT2D eigenvalue weighted by atomic mass is 16.6. The summed E-state index contributed by atoms with van der Waals surface area (Å²) in [5.41, 5.74) is -1.08. The zero-order chi connectivity index (χ0) is 17.3. The van der Waals surface area contributed by atoms with Crippen LogP contribution in [0.2, 0.25) is 0 Å². The van der Waals surface area contributed by atoms with Crippen molar-refractivity contribution in [2.75, 3.05) is 14.2 Å². The molecule has 4 atom stereocenters. The second kappa shape index (κ2) is 6.25. The number of benzene rings is 1. The SMILES string of the molecule is COC(=O)[C@]1(C#N)[C@@H](OC(=O)c2ccccc2)C[C@H]2CC[C@@H]1N2C. The molecule has 1 aromatic carbocycles. The van der Waals surface area contributed by atoms with Crippen molar-refractivity contribution < 1.29 is 19.1 Å². The van der Waals surface area contributed by atoms with Crippen molar-refractivity contribution in [3.05, 3.63) is 35.9 Å². The van der Waals surface area contributed by atoms with E-state index in [1.807, 2.05) is 11.9 Å². The molecular weight excluding hydrogens is 308 g/mol. The number of nitriles is 1. The molecule has 1 aromatic rings. The van der Waals surface area contributed by atoms with Crippen molar-refractivity contribution in [1.82, 2.24) is 4.90 Å². The molecular formula is C18H20N2O4. The van der Waals surface area contributed by atoms with Gasteiger partial charge in [0.2, 0.25) is 5.41 Å². The lowest BCUT2D eigenvalue weighted by Gasteiger charge is -2.45. The Kier molecular flexibility index (Phi) is 4.29. The first-order chi connectivity index (χ1) is 11.5. The van der Waals surface area contributed by atoms with Crippen LogP contribution in [0.5, 0.6) is 0 Å². The third-order valence-electron chi connectivity index (χ3n) is 5.33. The zero-order valence-electron chi connectivity index (χ0n) is 13.8. The van der Waals surface area contributed by atoms with Crippen molar-refractivity contribution in [2.45, 2.75) is 37.5 Å². The van der Waals surface area contributed by atoms with Gasteiger partial charge in [0.25, 0.3) is 0 Å². The maximum atomic E-state index is 12.5. The Hall–Kier alpha value is -2.39. The van der Waals surface area contributed by atoms with E-state index in [1.165, 1.54) is 7.11 Å². The highest BCUT2D eigenvalue weighted by Gasteiger charge is 2.63. The quantitative estimate of drug-likeness (QED) is 0.787. The Morgan fingerprint density at radius 2 is 2.00 bits per heavy atom.